The molecule has 1 atom stereocenters. The van der Waals surface area contributed by atoms with Crippen LogP contribution in [-0.4, -0.2) is 31.6 Å². The Bertz CT molecular complexity index is 1730. The number of rotatable bonds is 5. The number of carbonyl (C=O) groups excluding carboxylic acids is 2. The van der Waals surface area contributed by atoms with Gasteiger partial charge in [-0.05, 0) is 65.3 Å². The first-order valence-corrected chi connectivity index (χ1v) is 12.2. The highest BCUT2D eigenvalue weighted by atomic mass is 79.9. The molecular formula is C27H16BrF2N5O3. The van der Waals surface area contributed by atoms with Gasteiger partial charge in [-0.1, -0.05) is 12.1 Å². The highest BCUT2D eigenvalue weighted by Crippen LogP contribution is 2.39. The lowest BCUT2D eigenvalue weighted by Gasteiger charge is -2.22. The number of hydrogen-bond acceptors (Lipinski definition) is 6. The Morgan fingerprint density at radius 1 is 0.947 bits per heavy atom. The number of halogens is 3. The van der Waals surface area contributed by atoms with Gasteiger partial charge in [0.15, 0.2) is 17.4 Å². The van der Waals surface area contributed by atoms with Crippen LogP contribution in [0.15, 0.2) is 77.7 Å². The summed E-state index contributed by atoms with van der Waals surface area (Å²) in [5, 5.41) is 4.36. The lowest BCUT2D eigenvalue weighted by Crippen LogP contribution is -2.31. The largest absolute Gasteiger partial charge is 0.480 e. The van der Waals surface area contributed by atoms with E-state index in [0.29, 0.717) is 22.1 Å². The number of pyridine rings is 2. The van der Waals surface area contributed by atoms with E-state index in [0.717, 1.165) is 11.0 Å². The summed E-state index contributed by atoms with van der Waals surface area (Å²) in [4.78, 5) is 36.2. The van der Waals surface area contributed by atoms with Crippen LogP contribution < -0.4 is 9.64 Å². The number of imide groups is 1. The van der Waals surface area contributed by atoms with E-state index in [4.69, 9.17) is 4.74 Å². The Labute approximate surface area is 222 Å². The van der Waals surface area contributed by atoms with Crippen LogP contribution >= 0.6 is 15.9 Å². The van der Waals surface area contributed by atoms with Crippen molar-refractivity contribution in [2.75, 3.05) is 4.90 Å². The first kappa shape index (κ1) is 23.9. The molecule has 3 aromatic heterocycles. The molecule has 38 heavy (non-hydrogen) atoms. The molecule has 1 aliphatic heterocycles. The lowest BCUT2D eigenvalue weighted by atomic mass is 10.1. The molecule has 188 valence electrons. The molecule has 2 amide bonds. The zero-order chi connectivity index (χ0) is 26.6. The van der Waals surface area contributed by atoms with Gasteiger partial charge in [-0.3, -0.25) is 9.59 Å². The summed E-state index contributed by atoms with van der Waals surface area (Å²) >= 11 is 3.37. The minimum Gasteiger partial charge on any atom is -0.480 e. The van der Waals surface area contributed by atoms with Crippen LogP contribution in [0.4, 0.5) is 14.6 Å². The molecule has 0 spiro atoms. The number of amides is 2. The van der Waals surface area contributed by atoms with E-state index in [1.165, 1.54) is 18.2 Å². The van der Waals surface area contributed by atoms with Crippen molar-refractivity contribution >= 4 is 44.5 Å². The van der Waals surface area contributed by atoms with Crippen LogP contribution in [0.5, 0.6) is 5.75 Å². The summed E-state index contributed by atoms with van der Waals surface area (Å²) in [5.41, 5.74) is 1.26. The normalized spacial score (nSPS) is 13.7. The van der Waals surface area contributed by atoms with Crippen LogP contribution in [0.25, 0.3) is 16.6 Å². The molecule has 6 rings (SSSR count). The van der Waals surface area contributed by atoms with Crippen molar-refractivity contribution in [3.63, 3.8) is 0 Å². The van der Waals surface area contributed by atoms with Gasteiger partial charge in [0.25, 0.3) is 11.8 Å². The molecule has 0 radical (unpaired) electrons. The highest BCUT2D eigenvalue weighted by Gasteiger charge is 2.39. The first-order valence-electron chi connectivity index (χ1n) is 11.4. The molecule has 0 saturated heterocycles. The van der Waals surface area contributed by atoms with Crippen LogP contribution in [0.2, 0.25) is 0 Å². The van der Waals surface area contributed by atoms with Gasteiger partial charge in [0, 0.05) is 23.8 Å². The number of ether oxygens (including phenoxy) is 1. The van der Waals surface area contributed by atoms with Gasteiger partial charge in [0.2, 0.25) is 0 Å². The van der Waals surface area contributed by atoms with Crippen molar-refractivity contribution in [2.24, 2.45) is 0 Å². The SMILES string of the molecule is C[C@H](Oc1cc2cc(F)cc(F)c2nc1N1C(=O)c2ccccc2C1=O)c1nc(Br)ccc1-n1cccn1. The summed E-state index contributed by atoms with van der Waals surface area (Å²) in [7, 11) is 0. The van der Waals surface area contributed by atoms with Gasteiger partial charge >= 0.3 is 0 Å². The fraction of sp³-hybridized carbons (Fsp3) is 0.0741. The zero-order valence-electron chi connectivity index (χ0n) is 19.6. The summed E-state index contributed by atoms with van der Waals surface area (Å²) in [6.45, 7) is 1.71. The standard InChI is InChI=1S/C27H16BrF2N5O3/c1-14(23-20(7-8-22(28)32-23)34-10-4-9-31-34)38-21-12-15-11-16(29)13-19(30)24(15)33-25(21)35-26(36)17-5-2-3-6-18(17)27(35)37/h2-14H,1H3/t14-/m0/s1. The molecule has 0 N–H and O–H groups in total. The zero-order valence-corrected chi connectivity index (χ0v) is 21.2. The maximum absolute atomic E-state index is 14.7. The van der Waals surface area contributed by atoms with Crippen LogP contribution in [-0.2, 0) is 0 Å². The average molecular weight is 576 g/mol. The van der Waals surface area contributed by atoms with E-state index in [2.05, 4.69) is 31.0 Å². The van der Waals surface area contributed by atoms with E-state index >= 15 is 0 Å². The monoisotopic (exact) mass is 575 g/mol. The summed E-state index contributed by atoms with van der Waals surface area (Å²) in [6.07, 6.45) is 2.60. The van der Waals surface area contributed by atoms with Crippen molar-refractivity contribution in [1.82, 2.24) is 19.7 Å². The third kappa shape index (κ3) is 3.91. The minimum atomic E-state index is -0.938. The number of anilines is 1. The Morgan fingerprint density at radius 2 is 1.68 bits per heavy atom. The molecular weight excluding hydrogens is 560 g/mol. The van der Waals surface area contributed by atoms with E-state index in [9.17, 15) is 18.4 Å². The number of nitrogens with zero attached hydrogens (tertiary/aromatic N) is 5. The minimum absolute atomic E-state index is 0.0299. The molecule has 11 heteroatoms. The summed E-state index contributed by atoms with van der Waals surface area (Å²) in [5.74, 6) is -3.24. The van der Waals surface area contributed by atoms with E-state index in [1.54, 1.807) is 54.3 Å². The van der Waals surface area contributed by atoms with Crippen molar-refractivity contribution in [2.45, 2.75) is 13.0 Å². The summed E-state index contributed by atoms with van der Waals surface area (Å²) in [6, 6.07) is 14.8. The molecule has 5 aromatic rings. The topological polar surface area (TPSA) is 90.2 Å². The second-order valence-electron chi connectivity index (χ2n) is 8.51. The van der Waals surface area contributed by atoms with Crippen LogP contribution in [0, 0.1) is 11.6 Å². The van der Waals surface area contributed by atoms with Crippen molar-refractivity contribution in [3.8, 4) is 11.4 Å². The van der Waals surface area contributed by atoms with Gasteiger partial charge in [-0.25, -0.2) is 28.3 Å². The molecule has 0 unspecified atom stereocenters. The van der Waals surface area contributed by atoms with Crippen molar-refractivity contribution in [1.29, 1.82) is 0 Å². The first-order chi connectivity index (χ1) is 18.3. The Hall–Kier alpha value is -4.51. The smallest absolute Gasteiger partial charge is 0.267 e. The molecule has 2 aromatic carbocycles. The molecule has 0 aliphatic carbocycles. The average Bonchev–Trinajstić information content (AvgIpc) is 3.51. The Morgan fingerprint density at radius 3 is 2.37 bits per heavy atom. The predicted octanol–water partition coefficient (Wildman–Crippen LogP) is 5.80. The highest BCUT2D eigenvalue weighted by molar-refractivity contribution is 9.10. The summed E-state index contributed by atoms with van der Waals surface area (Å²) < 4.78 is 37.2. The number of aromatic nitrogens is 4. The molecule has 8 nitrogen and oxygen atoms in total. The maximum atomic E-state index is 14.7. The van der Waals surface area contributed by atoms with Gasteiger partial charge in [-0.2, -0.15) is 5.10 Å². The van der Waals surface area contributed by atoms with Crippen molar-refractivity contribution in [3.05, 3.63) is 106 Å². The number of hydrogen-bond donors (Lipinski definition) is 0. The number of carbonyl (C=O) groups is 2. The molecule has 0 bridgehead atoms. The van der Waals surface area contributed by atoms with Gasteiger partial charge in [-0.15, -0.1) is 0 Å². The van der Waals surface area contributed by atoms with E-state index in [1.807, 2.05) is 0 Å². The Kier molecular flexibility index (Phi) is 5.72. The Balaban J connectivity index is 1.50. The molecule has 1 aliphatic rings. The molecule has 0 fully saturated rings. The van der Waals surface area contributed by atoms with Gasteiger partial charge in [0.1, 0.15) is 27.7 Å². The van der Waals surface area contributed by atoms with Crippen LogP contribution in [0.1, 0.15) is 39.4 Å². The third-order valence-electron chi connectivity index (χ3n) is 6.10. The third-order valence-corrected chi connectivity index (χ3v) is 6.54. The van der Waals surface area contributed by atoms with Gasteiger partial charge in [0.05, 0.1) is 16.8 Å². The quantitative estimate of drug-likeness (QED) is 0.194. The van der Waals surface area contributed by atoms with E-state index < -0.39 is 29.6 Å². The molecule has 0 saturated carbocycles. The van der Waals surface area contributed by atoms with E-state index in [-0.39, 0.29) is 33.6 Å². The predicted molar refractivity (Wildman–Crippen MR) is 137 cm³/mol. The molecule has 4 heterocycles. The second kappa shape index (κ2) is 9.10. The fourth-order valence-electron chi connectivity index (χ4n) is 4.40. The lowest BCUT2D eigenvalue weighted by molar-refractivity contribution is 0.0922. The second-order valence-corrected chi connectivity index (χ2v) is 9.32. The maximum Gasteiger partial charge on any atom is 0.267 e. The van der Waals surface area contributed by atoms with Crippen LogP contribution in [0.3, 0.4) is 0 Å². The fourth-order valence-corrected chi connectivity index (χ4v) is 4.73. The number of benzene rings is 2. The number of fused-ring (bicyclic) bond motifs is 2. The van der Waals surface area contributed by atoms with Gasteiger partial charge < -0.3 is 4.74 Å². The van der Waals surface area contributed by atoms with Crippen molar-refractivity contribution < 1.29 is 23.1 Å².